The van der Waals surface area contributed by atoms with Crippen molar-refractivity contribution in [3.63, 3.8) is 0 Å². The van der Waals surface area contributed by atoms with Crippen LogP contribution in [-0.4, -0.2) is 28.6 Å². The number of benzene rings is 2. The van der Waals surface area contributed by atoms with Crippen LogP contribution in [0.4, 0.5) is 5.69 Å². The highest BCUT2D eigenvalue weighted by Crippen LogP contribution is 2.17. The number of imidazole rings is 1. The Morgan fingerprint density at radius 2 is 1.96 bits per heavy atom. The van der Waals surface area contributed by atoms with E-state index >= 15 is 0 Å². The van der Waals surface area contributed by atoms with Crippen molar-refractivity contribution in [2.45, 2.75) is 11.8 Å². The van der Waals surface area contributed by atoms with Gasteiger partial charge in [-0.3, -0.25) is 10.1 Å². The molecule has 0 aliphatic carbocycles. The van der Waals surface area contributed by atoms with Gasteiger partial charge >= 0.3 is 0 Å². The van der Waals surface area contributed by atoms with Gasteiger partial charge < -0.3 is 4.57 Å². The molecule has 0 bridgehead atoms. The molecule has 10 heteroatoms. The maximum Gasteiger partial charge on any atom is 0.276 e. The zero-order valence-electron chi connectivity index (χ0n) is 14.2. The molecule has 0 aliphatic heterocycles. The molecular formula is C17H15N5O4S. The number of hydrogen-bond acceptors (Lipinski definition) is 6. The van der Waals surface area contributed by atoms with E-state index in [1.165, 1.54) is 18.2 Å². The number of aromatic nitrogens is 2. The second-order valence-corrected chi connectivity index (χ2v) is 7.22. The summed E-state index contributed by atoms with van der Waals surface area (Å²) >= 11 is 0. The van der Waals surface area contributed by atoms with Gasteiger partial charge in [0, 0.05) is 30.2 Å². The fourth-order valence-corrected chi connectivity index (χ4v) is 3.19. The first-order valence-electron chi connectivity index (χ1n) is 7.76. The monoisotopic (exact) mass is 385 g/mol. The second kappa shape index (κ2) is 7.38. The molecule has 0 saturated heterocycles. The van der Waals surface area contributed by atoms with Gasteiger partial charge in [-0.15, -0.1) is 0 Å². The number of rotatable bonds is 6. The summed E-state index contributed by atoms with van der Waals surface area (Å²) in [5.74, 6) is 0. The molecular weight excluding hydrogens is 370 g/mol. The second-order valence-electron chi connectivity index (χ2n) is 5.56. The van der Waals surface area contributed by atoms with Crippen molar-refractivity contribution in [3.05, 3.63) is 82.9 Å². The summed E-state index contributed by atoms with van der Waals surface area (Å²) in [7, 11) is -4.02. The largest absolute Gasteiger partial charge is 0.306 e. The molecule has 1 aromatic heterocycles. The molecule has 0 spiro atoms. The minimum absolute atomic E-state index is 0.233. The van der Waals surface area contributed by atoms with Gasteiger partial charge in [0.05, 0.1) is 21.9 Å². The maximum atomic E-state index is 12.3. The van der Waals surface area contributed by atoms with E-state index < -0.39 is 14.9 Å². The predicted molar refractivity (Wildman–Crippen MR) is 99.2 cm³/mol. The van der Waals surface area contributed by atoms with E-state index in [4.69, 9.17) is 0 Å². The zero-order valence-corrected chi connectivity index (χ0v) is 15.0. The fraction of sp³-hybridized carbons (Fsp3) is 0.0588. The highest BCUT2D eigenvalue weighted by Gasteiger charge is 2.17. The van der Waals surface area contributed by atoms with Crippen LogP contribution in [0, 0.1) is 10.1 Å². The number of hydrogen-bond donors (Lipinski definition) is 1. The standard InChI is InChI=1S/C17H15N5O4S/c1-13(14-5-7-15(8-6-14)21-10-9-18-12-21)19-20-27(25,26)17-4-2-3-16(11-17)22(23)24/h2-12,20H,1H3/b19-13-. The lowest BCUT2D eigenvalue weighted by atomic mass is 10.1. The molecule has 138 valence electrons. The van der Waals surface area contributed by atoms with E-state index in [9.17, 15) is 18.5 Å². The van der Waals surface area contributed by atoms with E-state index in [0.717, 1.165) is 17.3 Å². The Hall–Kier alpha value is -3.53. The number of nitro benzene ring substituents is 1. The average molecular weight is 385 g/mol. The first-order valence-corrected chi connectivity index (χ1v) is 9.24. The van der Waals surface area contributed by atoms with Crippen LogP contribution >= 0.6 is 0 Å². The smallest absolute Gasteiger partial charge is 0.276 e. The molecule has 0 fully saturated rings. The summed E-state index contributed by atoms with van der Waals surface area (Å²) in [4.78, 5) is 16.0. The quantitative estimate of drug-likeness (QED) is 0.397. The molecule has 0 radical (unpaired) electrons. The summed E-state index contributed by atoms with van der Waals surface area (Å²) in [6, 6.07) is 12.1. The molecule has 0 atom stereocenters. The van der Waals surface area contributed by atoms with Crippen LogP contribution < -0.4 is 4.83 Å². The van der Waals surface area contributed by atoms with Gasteiger partial charge in [-0.25, -0.2) is 4.98 Å². The van der Waals surface area contributed by atoms with Crippen molar-refractivity contribution < 1.29 is 13.3 Å². The Morgan fingerprint density at radius 3 is 2.59 bits per heavy atom. The Balaban J connectivity index is 1.78. The van der Waals surface area contributed by atoms with Crippen LogP contribution in [-0.2, 0) is 10.0 Å². The third kappa shape index (κ3) is 4.18. The summed E-state index contributed by atoms with van der Waals surface area (Å²) < 4.78 is 26.4. The summed E-state index contributed by atoms with van der Waals surface area (Å²) in [5.41, 5.74) is 1.76. The van der Waals surface area contributed by atoms with E-state index in [1.54, 1.807) is 31.6 Å². The molecule has 0 unspecified atom stereocenters. The fourth-order valence-electron chi connectivity index (χ4n) is 2.30. The Labute approximate surface area is 155 Å². The number of nitrogens with one attached hydrogen (secondary N) is 1. The number of hydrazone groups is 1. The molecule has 0 saturated carbocycles. The maximum absolute atomic E-state index is 12.3. The molecule has 1 N–H and O–H groups in total. The lowest BCUT2D eigenvalue weighted by molar-refractivity contribution is -0.385. The molecule has 2 aromatic carbocycles. The number of sulfonamides is 1. The highest BCUT2D eigenvalue weighted by molar-refractivity contribution is 7.89. The van der Waals surface area contributed by atoms with Crippen LogP contribution in [0.2, 0.25) is 0 Å². The third-order valence-electron chi connectivity index (χ3n) is 3.76. The van der Waals surface area contributed by atoms with E-state index in [2.05, 4.69) is 14.9 Å². The summed E-state index contributed by atoms with van der Waals surface area (Å²) in [5, 5.41) is 14.7. The normalized spacial score (nSPS) is 12.0. The van der Waals surface area contributed by atoms with Crippen LogP contribution in [0.3, 0.4) is 0 Å². The first kappa shape index (κ1) is 18.3. The van der Waals surface area contributed by atoms with Crippen LogP contribution in [0.5, 0.6) is 0 Å². The Morgan fingerprint density at radius 1 is 1.22 bits per heavy atom. The SMILES string of the molecule is C/C(=N/NS(=O)(=O)c1cccc([N+](=O)[O-])c1)c1ccc(-n2ccnc2)cc1. The van der Waals surface area contributed by atoms with Gasteiger partial charge in [0.25, 0.3) is 15.7 Å². The van der Waals surface area contributed by atoms with E-state index in [-0.39, 0.29) is 10.6 Å². The third-order valence-corrected chi connectivity index (χ3v) is 4.97. The van der Waals surface area contributed by atoms with Crippen molar-refractivity contribution in [2.24, 2.45) is 5.10 Å². The van der Waals surface area contributed by atoms with Crippen LogP contribution in [0.25, 0.3) is 5.69 Å². The van der Waals surface area contributed by atoms with Gasteiger partial charge in [0.15, 0.2) is 0 Å². The van der Waals surface area contributed by atoms with E-state index in [0.29, 0.717) is 5.71 Å². The van der Waals surface area contributed by atoms with Crippen molar-refractivity contribution in [1.29, 1.82) is 0 Å². The topological polar surface area (TPSA) is 119 Å². The Kier molecular flexibility index (Phi) is 4.99. The molecule has 1 heterocycles. The van der Waals surface area contributed by atoms with Crippen molar-refractivity contribution in [1.82, 2.24) is 14.4 Å². The Bertz CT molecular complexity index is 1090. The highest BCUT2D eigenvalue weighted by atomic mass is 32.2. The molecule has 9 nitrogen and oxygen atoms in total. The predicted octanol–water partition coefficient (Wildman–Crippen LogP) is 2.48. The van der Waals surface area contributed by atoms with Gasteiger partial charge in [0.2, 0.25) is 0 Å². The van der Waals surface area contributed by atoms with Gasteiger partial charge in [-0.1, -0.05) is 18.2 Å². The van der Waals surface area contributed by atoms with Crippen molar-refractivity contribution >= 4 is 21.4 Å². The molecule has 27 heavy (non-hydrogen) atoms. The lowest BCUT2D eigenvalue weighted by Gasteiger charge is -2.07. The molecule has 0 aliphatic rings. The molecule has 3 aromatic rings. The molecule has 0 amide bonds. The van der Waals surface area contributed by atoms with Crippen LogP contribution in [0.15, 0.2) is 77.2 Å². The first-order chi connectivity index (χ1) is 12.9. The van der Waals surface area contributed by atoms with Crippen LogP contribution in [0.1, 0.15) is 12.5 Å². The zero-order chi connectivity index (χ0) is 19.4. The van der Waals surface area contributed by atoms with Gasteiger partial charge in [-0.05, 0) is 30.7 Å². The minimum atomic E-state index is -4.02. The number of nitro groups is 1. The summed E-state index contributed by atoms with van der Waals surface area (Å²) in [6.07, 6.45) is 5.15. The number of nitrogens with zero attached hydrogens (tertiary/aromatic N) is 4. The molecule has 3 rings (SSSR count). The minimum Gasteiger partial charge on any atom is -0.306 e. The van der Waals surface area contributed by atoms with E-state index in [1.807, 2.05) is 22.9 Å². The average Bonchev–Trinajstić information content (AvgIpc) is 3.21. The van der Waals surface area contributed by atoms with Gasteiger partial charge in [0.1, 0.15) is 0 Å². The number of non-ortho nitro benzene ring substituents is 1. The van der Waals surface area contributed by atoms with Crippen molar-refractivity contribution in [3.8, 4) is 5.69 Å². The summed E-state index contributed by atoms with van der Waals surface area (Å²) in [6.45, 7) is 1.65. The lowest BCUT2D eigenvalue weighted by Crippen LogP contribution is -2.20. The van der Waals surface area contributed by atoms with Gasteiger partial charge in [-0.2, -0.15) is 18.4 Å². The van der Waals surface area contributed by atoms with Crippen molar-refractivity contribution in [2.75, 3.05) is 0 Å².